The van der Waals surface area contributed by atoms with E-state index in [1.807, 2.05) is 32.0 Å². The number of benzene rings is 2. The molecule has 1 atom stereocenters. The lowest BCUT2D eigenvalue weighted by Crippen LogP contribution is -2.36. The van der Waals surface area contributed by atoms with Gasteiger partial charge in [0.15, 0.2) is 0 Å². The van der Waals surface area contributed by atoms with E-state index in [0.717, 1.165) is 11.1 Å². The molecule has 5 heteroatoms. The summed E-state index contributed by atoms with van der Waals surface area (Å²) in [5.41, 5.74) is 4.98. The van der Waals surface area contributed by atoms with Crippen LogP contribution >= 0.6 is 0 Å². The third kappa shape index (κ3) is 5.72. The highest BCUT2D eigenvalue weighted by atomic mass is 16.3. The Morgan fingerprint density at radius 3 is 2.45 bits per heavy atom. The number of hydrogen-bond donors (Lipinski definition) is 2. The van der Waals surface area contributed by atoms with Crippen molar-refractivity contribution in [3.05, 3.63) is 100 Å². The first-order valence-corrected chi connectivity index (χ1v) is 10.4. The molecular weight excluding hydrogens is 388 g/mol. The summed E-state index contributed by atoms with van der Waals surface area (Å²) in [6, 6.07) is 16.7. The van der Waals surface area contributed by atoms with Gasteiger partial charge < -0.3 is 15.1 Å². The van der Waals surface area contributed by atoms with Gasteiger partial charge in [-0.3, -0.25) is 9.59 Å². The molecule has 0 aliphatic heterocycles. The number of furan rings is 1. The largest absolute Gasteiger partial charge is 0.465 e. The van der Waals surface area contributed by atoms with Crippen molar-refractivity contribution in [2.24, 2.45) is 0 Å². The van der Waals surface area contributed by atoms with E-state index in [1.54, 1.807) is 24.3 Å². The maximum atomic E-state index is 13.2. The number of amides is 2. The molecule has 0 aliphatic carbocycles. The van der Waals surface area contributed by atoms with Gasteiger partial charge in [0.2, 0.25) is 0 Å². The fraction of sp³-hybridized carbons (Fsp3) is 0.231. The van der Waals surface area contributed by atoms with Crippen LogP contribution in [0.25, 0.3) is 6.08 Å². The zero-order valence-corrected chi connectivity index (χ0v) is 18.4. The van der Waals surface area contributed by atoms with E-state index in [4.69, 9.17) is 4.42 Å². The molecule has 2 aromatic carbocycles. The quantitative estimate of drug-likeness (QED) is 0.517. The molecule has 0 saturated heterocycles. The van der Waals surface area contributed by atoms with E-state index in [2.05, 4.69) is 36.6 Å². The van der Waals surface area contributed by atoms with Crippen LogP contribution in [0.4, 0.5) is 0 Å². The number of rotatable bonds is 7. The lowest BCUT2D eigenvalue weighted by Gasteiger charge is -2.20. The highest BCUT2D eigenvalue weighted by Crippen LogP contribution is 2.20. The SMILES string of the molecule is CC[C@H](NC(=O)/C(=C/c1ccco1)NC(=O)c1cccc(C)c1)c1ccc(C)c(C)c1. The lowest BCUT2D eigenvalue weighted by atomic mass is 9.99. The van der Waals surface area contributed by atoms with Crippen molar-refractivity contribution >= 4 is 17.9 Å². The van der Waals surface area contributed by atoms with E-state index in [0.29, 0.717) is 17.7 Å². The Kier molecular flexibility index (Phi) is 7.08. The summed E-state index contributed by atoms with van der Waals surface area (Å²) < 4.78 is 5.36. The number of nitrogens with one attached hydrogen (secondary N) is 2. The second-order valence-corrected chi connectivity index (χ2v) is 7.68. The zero-order valence-electron chi connectivity index (χ0n) is 18.4. The minimum Gasteiger partial charge on any atom is -0.465 e. The molecule has 5 nitrogen and oxygen atoms in total. The zero-order chi connectivity index (χ0) is 22.4. The Hall–Kier alpha value is -3.60. The van der Waals surface area contributed by atoms with Gasteiger partial charge >= 0.3 is 0 Å². The Balaban J connectivity index is 1.85. The van der Waals surface area contributed by atoms with E-state index < -0.39 is 0 Å². The van der Waals surface area contributed by atoms with Crippen molar-refractivity contribution < 1.29 is 14.0 Å². The average molecular weight is 417 g/mol. The molecule has 0 saturated carbocycles. The molecule has 0 aliphatic rings. The maximum Gasteiger partial charge on any atom is 0.268 e. The van der Waals surface area contributed by atoms with Gasteiger partial charge in [0.1, 0.15) is 11.5 Å². The van der Waals surface area contributed by atoms with Crippen molar-refractivity contribution in [1.82, 2.24) is 10.6 Å². The van der Waals surface area contributed by atoms with Crippen LogP contribution in [0.1, 0.15) is 57.8 Å². The van der Waals surface area contributed by atoms with E-state index in [9.17, 15) is 9.59 Å². The molecule has 0 spiro atoms. The second-order valence-electron chi connectivity index (χ2n) is 7.68. The van der Waals surface area contributed by atoms with Gasteiger partial charge in [0.05, 0.1) is 12.3 Å². The molecule has 3 rings (SSSR count). The van der Waals surface area contributed by atoms with Crippen LogP contribution < -0.4 is 10.6 Å². The Morgan fingerprint density at radius 2 is 1.81 bits per heavy atom. The predicted molar refractivity (Wildman–Crippen MR) is 122 cm³/mol. The van der Waals surface area contributed by atoms with Crippen molar-refractivity contribution in [2.45, 2.75) is 40.2 Å². The minimum atomic E-state index is -0.373. The molecule has 0 fully saturated rings. The fourth-order valence-electron chi connectivity index (χ4n) is 3.29. The third-order valence-corrected chi connectivity index (χ3v) is 5.25. The van der Waals surface area contributed by atoms with Crippen molar-refractivity contribution in [1.29, 1.82) is 0 Å². The van der Waals surface area contributed by atoms with E-state index >= 15 is 0 Å². The number of aryl methyl sites for hydroxylation is 3. The van der Waals surface area contributed by atoms with Crippen LogP contribution in [-0.4, -0.2) is 11.8 Å². The highest BCUT2D eigenvalue weighted by Gasteiger charge is 2.19. The van der Waals surface area contributed by atoms with E-state index in [-0.39, 0.29) is 23.6 Å². The second kappa shape index (κ2) is 9.94. The first kappa shape index (κ1) is 22.1. The van der Waals surface area contributed by atoms with Crippen LogP contribution in [0.2, 0.25) is 0 Å². The standard InChI is InChI=1S/C26H28N2O3/c1-5-23(20-12-11-18(3)19(4)15-20)27-26(30)24(16-22-10-7-13-31-22)28-25(29)21-9-6-8-17(2)14-21/h6-16,23H,5H2,1-4H3,(H,27,30)(H,28,29)/b24-16-/t23-/m0/s1. The van der Waals surface area contributed by atoms with Crippen LogP contribution in [0.15, 0.2) is 71.0 Å². The van der Waals surface area contributed by atoms with Gasteiger partial charge in [0.25, 0.3) is 11.8 Å². The molecule has 3 aromatic rings. The number of hydrogen-bond acceptors (Lipinski definition) is 3. The van der Waals surface area contributed by atoms with Crippen molar-refractivity contribution in [3.8, 4) is 0 Å². The summed E-state index contributed by atoms with van der Waals surface area (Å²) in [4.78, 5) is 25.9. The van der Waals surface area contributed by atoms with Crippen LogP contribution in [0, 0.1) is 20.8 Å². The van der Waals surface area contributed by atoms with Crippen LogP contribution in [0.5, 0.6) is 0 Å². The van der Waals surface area contributed by atoms with Crippen molar-refractivity contribution in [3.63, 3.8) is 0 Å². The van der Waals surface area contributed by atoms with Gasteiger partial charge in [-0.15, -0.1) is 0 Å². The van der Waals surface area contributed by atoms with E-state index in [1.165, 1.54) is 23.5 Å². The molecule has 0 bridgehead atoms. The molecule has 160 valence electrons. The molecule has 2 amide bonds. The fourth-order valence-corrected chi connectivity index (χ4v) is 3.29. The molecule has 2 N–H and O–H groups in total. The van der Waals surface area contributed by atoms with Gasteiger partial charge in [-0.05, 0) is 68.1 Å². The molecule has 1 heterocycles. The average Bonchev–Trinajstić information content (AvgIpc) is 3.26. The smallest absolute Gasteiger partial charge is 0.268 e. The summed E-state index contributed by atoms with van der Waals surface area (Å²) in [5.74, 6) is -0.243. The molecule has 1 aromatic heterocycles. The van der Waals surface area contributed by atoms with Gasteiger partial charge in [0, 0.05) is 11.6 Å². The normalized spacial score (nSPS) is 12.3. The highest BCUT2D eigenvalue weighted by molar-refractivity contribution is 6.05. The first-order chi connectivity index (χ1) is 14.9. The van der Waals surface area contributed by atoms with Crippen LogP contribution in [-0.2, 0) is 4.79 Å². The number of carbonyl (C=O) groups is 2. The first-order valence-electron chi connectivity index (χ1n) is 10.4. The van der Waals surface area contributed by atoms with Gasteiger partial charge in [-0.2, -0.15) is 0 Å². The molecule has 0 unspecified atom stereocenters. The Morgan fingerprint density at radius 1 is 1.00 bits per heavy atom. The summed E-state index contributed by atoms with van der Waals surface area (Å²) >= 11 is 0. The van der Waals surface area contributed by atoms with Gasteiger partial charge in [-0.25, -0.2) is 0 Å². The summed E-state index contributed by atoms with van der Waals surface area (Å²) in [6.45, 7) is 8.04. The number of carbonyl (C=O) groups excluding carboxylic acids is 2. The maximum absolute atomic E-state index is 13.2. The summed E-state index contributed by atoms with van der Waals surface area (Å²) in [5, 5.41) is 5.80. The summed E-state index contributed by atoms with van der Waals surface area (Å²) in [7, 11) is 0. The van der Waals surface area contributed by atoms with Crippen LogP contribution in [0.3, 0.4) is 0 Å². The predicted octanol–water partition coefficient (Wildman–Crippen LogP) is 5.24. The molecule has 31 heavy (non-hydrogen) atoms. The Bertz CT molecular complexity index is 1100. The summed E-state index contributed by atoms with van der Waals surface area (Å²) in [6.07, 6.45) is 3.78. The monoisotopic (exact) mass is 416 g/mol. The third-order valence-electron chi connectivity index (χ3n) is 5.25. The molecule has 0 radical (unpaired) electrons. The van der Waals surface area contributed by atoms with Gasteiger partial charge in [-0.1, -0.05) is 42.8 Å². The van der Waals surface area contributed by atoms with Crippen molar-refractivity contribution in [2.75, 3.05) is 0 Å². The minimum absolute atomic E-state index is 0.128. The molecular formula is C26H28N2O3. The lowest BCUT2D eigenvalue weighted by molar-refractivity contribution is -0.118. The topological polar surface area (TPSA) is 71.3 Å². The Labute approximate surface area is 183 Å².